The van der Waals surface area contributed by atoms with Crippen molar-refractivity contribution in [1.82, 2.24) is 5.06 Å². The predicted octanol–water partition coefficient (Wildman–Crippen LogP) is 1.99. The Balaban J connectivity index is 2.03. The molecule has 2 fully saturated rings. The second kappa shape index (κ2) is 4.81. The third-order valence-electron chi connectivity index (χ3n) is 3.45. The number of halogens is 1. The molecule has 2 aliphatic heterocycles. The van der Waals surface area contributed by atoms with Crippen LogP contribution in [-0.4, -0.2) is 35.4 Å². The van der Waals surface area contributed by atoms with E-state index in [1.807, 2.05) is 5.06 Å². The van der Waals surface area contributed by atoms with Crippen LogP contribution in [0.2, 0.25) is 0 Å². The Morgan fingerprint density at radius 1 is 1.60 bits per heavy atom. The molecule has 3 nitrogen and oxygen atoms in total. The lowest BCUT2D eigenvalue weighted by Crippen LogP contribution is -2.29. The number of rotatable bonds is 4. The number of alkyl halides is 1. The van der Waals surface area contributed by atoms with Crippen LogP contribution in [0.25, 0.3) is 0 Å². The lowest BCUT2D eigenvalue weighted by atomic mass is 9.88. The van der Waals surface area contributed by atoms with Crippen molar-refractivity contribution in [2.45, 2.75) is 44.8 Å². The van der Waals surface area contributed by atoms with Crippen LogP contribution in [0.4, 0.5) is 0 Å². The van der Waals surface area contributed by atoms with Gasteiger partial charge < -0.3 is 0 Å². The van der Waals surface area contributed by atoms with Gasteiger partial charge in [0.1, 0.15) is 6.10 Å². The largest absolute Gasteiger partial charge is 0.297 e. The van der Waals surface area contributed by atoms with Gasteiger partial charge in [0.15, 0.2) is 5.78 Å². The van der Waals surface area contributed by atoms with E-state index in [9.17, 15) is 4.79 Å². The van der Waals surface area contributed by atoms with E-state index in [1.165, 1.54) is 6.42 Å². The molecule has 0 unspecified atom stereocenters. The van der Waals surface area contributed by atoms with Crippen LogP contribution in [0.5, 0.6) is 0 Å². The lowest BCUT2D eigenvalue weighted by molar-refractivity contribution is -0.163. The minimum absolute atomic E-state index is 0.156. The maximum absolute atomic E-state index is 11.5. The van der Waals surface area contributed by atoms with Crippen LogP contribution in [0.1, 0.15) is 32.6 Å². The Labute approximate surface area is 95.7 Å². The van der Waals surface area contributed by atoms with Crippen molar-refractivity contribution in [3.63, 3.8) is 0 Å². The molecule has 0 spiro atoms. The molecule has 0 N–H and O–H groups in total. The van der Waals surface area contributed by atoms with Gasteiger partial charge in [-0.3, -0.25) is 9.63 Å². The first-order chi connectivity index (χ1) is 7.24. The molecular weight excluding hydrogens is 214 g/mol. The van der Waals surface area contributed by atoms with E-state index in [0.29, 0.717) is 17.8 Å². The minimum Gasteiger partial charge on any atom is -0.297 e. The van der Waals surface area contributed by atoms with Gasteiger partial charge in [0.05, 0.1) is 0 Å². The Kier molecular flexibility index (Phi) is 3.65. The Hall–Kier alpha value is -0.120. The first kappa shape index (κ1) is 11.4. The van der Waals surface area contributed by atoms with E-state index in [4.69, 9.17) is 16.4 Å². The fourth-order valence-corrected chi connectivity index (χ4v) is 2.94. The maximum atomic E-state index is 11.5. The molecule has 86 valence electrons. The molecule has 0 aliphatic carbocycles. The summed E-state index contributed by atoms with van der Waals surface area (Å²) in [7, 11) is 0. The second-order valence-corrected chi connectivity index (χ2v) is 4.86. The van der Waals surface area contributed by atoms with Gasteiger partial charge in [-0.25, -0.2) is 0 Å². The van der Waals surface area contributed by atoms with Crippen LogP contribution in [0.3, 0.4) is 0 Å². The lowest BCUT2D eigenvalue weighted by Gasteiger charge is -2.18. The molecule has 4 heteroatoms. The quantitative estimate of drug-likeness (QED) is 0.693. The highest BCUT2D eigenvalue weighted by Gasteiger charge is 2.46. The number of fused-ring (bicyclic) bond motifs is 1. The van der Waals surface area contributed by atoms with Crippen molar-refractivity contribution in [2.75, 3.05) is 12.4 Å². The molecule has 0 aromatic carbocycles. The molecular formula is C11H18ClNO2. The smallest absolute Gasteiger partial charge is 0.160 e. The molecule has 2 rings (SSSR count). The van der Waals surface area contributed by atoms with Gasteiger partial charge in [0.25, 0.3) is 0 Å². The van der Waals surface area contributed by atoms with E-state index >= 15 is 0 Å². The van der Waals surface area contributed by atoms with Crippen molar-refractivity contribution in [3.05, 3.63) is 0 Å². The Bertz CT molecular complexity index is 247. The molecule has 2 aliphatic rings. The zero-order valence-corrected chi connectivity index (χ0v) is 9.87. The highest BCUT2D eigenvalue weighted by atomic mass is 35.5. The molecule has 2 heterocycles. The number of ketones is 1. The van der Waals surface area contributed by atoms with Crippen LogP contribution in [-0.2, 0) is 9.63 Å². The molecule has 0 saturated carbocycles. The molecule has 0 bridgehead atoms. The number of carbonyl (C=O) groups is 1. The van der Waals surface area contributed by atoms with Gasteiger partial charge in [0.2, 0.25) is 0 Å². The topological polar surface area (TPSA) is 29.5 Å². The van der Waals surface area contributed by atoms with E-state index in [0.717, 1.165) is 25.8 Å². The van der Waals surface area contributed by atoms with Crippen molar-refractivity contribution in [3.8, 4) is 0 Å². The molecule has 15 heavy (non-hydrogen) atoms. The van der Waals surface area contributed by atoms with Crippen LogP contribution in [0, 0.1) is 5.92 Å². The summed E-state index contributed by atoms with van der Waals surface area (Å²) < 4.78 is 0. The first-order valence-electron chi connectivity index (χ1n) is 5.74. The van der Waals surface area contributed by atoms with Gasteiger partial charge in [-0.15, -0.1) is 11.6 Å². The number of hydroxylamine groups is 2. The number of Topliss-reactive ketones (excluding diaryl/α,β-unsaturated/α-hetero) is 1. The Morgan fingerprint density at radius 2 is 2.40 bits per heavy atom. The van der Waals surface area contributed by atoms with E-state index in [2.05, 4.69) is 0 Å². The molecule has 0 amide bonds. The normalized spacial score (nSPS) is 35.7. The number of carbonyl (C=O) groups excluding carboxylic acids is 1. The van der Waals surface area contributed by atoms with Crippen molar-refractivity contribution < 1.29 is 9.63 Å². The summed E-state index contributed by atoms with van der Waals surface area (Å²) in [5.41, 5.74) is 0. The van der Waals surface area contributed by atoms with Gasteiger partial charge in [0, 0.05) is 24.4 Å². The van der Waals surface area contributed by atoms with Gasteiger partial charge >= 0.3 is 0 Å². The average molecular weight is 232 g/mol. The molecule has 2 saturated heterocycles. The minimum atomic E-state index is -0.210. The third kappa shape index (κ3) is 2.19. The highest BCUT2D eigenvalue weighted by molar-refractivity contribution is 6.17. The highest BCUT2D eigenvalue weighted by Crippen LogP contribution is 2.37. The monoisotopic (exact) mass is 231 g/mol. The molecule has 0 aromatic rings. The number of nitrogens with zero attached hydrogens (tertiary/aromatic N) is 1. The SMILES string of the molecule is CC(=O)[C@H]1ON2CCC[C@H]2[C@@H]1CCCCl. The summed E-state index contributed by atoms with van der Waals surface area (Å²) in [5, 5.41) is 2.02. The predicted molar refractivity (Wildman–Crippen MR) is 58.7 cm³/mol. The van der Waals surface area contributed by atoms with E-state index in [1.54, 1.807) is 6.92 Å². The van der Waals surface area contributed by atoms with Gasteiger partial charge in [-0.2, -0.15) is 5.06 Å². The zero-order valence-electron chi connectivity index (χ0n) is 9.12. The molecule has 0 radical (unpaired) electrons. The van der Waals surface area contributed by atoms with Gasteiger partial charge in [-0.05, 0) is 32.6 Å². The average Bonchev–Trinajstić information content (AvgIpc) is 2.74. The Morgan fingerprint density at radius 3 is 3.07 bits per heavy atom. The standard InChI is InChI=1S/C11H18ClNO2/c1-8(14)11-9(4-2-6-12)10-5-3-7-13(10)15-11/h9-11H,2-7H2,1H3/t9-,10-,11+/m0/s1. The van der Waals surface area contributed by atoms with Crippen molar-refractivity contribution in [2.24, 2.45) is 5.92 Å². The first-order valence-corrected chi connectivity index (χ1v) is 6.27. The van der Waals surface area contributed by atoms with Crippen LogP contribution >= 0.6 is 11.6 Å². The van der Waals surface area contributed by atoms with E-state index < -0.39 is 0 Å². The maximum Gasteiger partial charge on any atom is 0.160 e. The molecule has 0 aromatic heterocycles. The summed E-state index contributed by atoms with van der Waals surface area (Å²) in [4.78, 5) is 17.2. The number of hydrogen-bond acceptors (Lipinski definition) is 3. The van der Waals surface area contributed by atoms with Crippen molar-refractivity contribution >= 4 is 17.4 Å². The van der Waals surface area contributed by atoms with Gasteiger partial charge in [-0.1, -0.05) is 0 Å². The summed E-state index contributed by atoms with van der Waals surface area (Å²) in [6, 6.07) is 0.460. The second-order valence-electron chi connectivity index (χ2n) is 4.48. The summed E-state index contributed by atoms with van der Waals surface area (Å²) >= 11 is 5.71. The molecule has 3 atom stereocenters. The van der Waals surface area contributed by atoms with Crippen LogP contribution < -0.4 is 0 Å². The fraction of sp³-hybridized carbons (Fsp3) is 0.909. The summed E-state index contributed by atoms with van der Waals surface area (Å²) in [5.74, 6) is 1.20. The van der Waals surface area contributed by atoms with Crippen LogP contribution in [0.15, 0.2) is 0 Å². The third-order valence-corrected chi connectivity index (χ3v) is 3.72. The summed E-state index contributed by atoms with van der Waals surface area (Å²) in [6.45, 7) is 2.60. The number of hydrogen-bond donors (Lipinski definition) is 0. The van der Waals surface area contributed by atoms with E-state index in [-0.39, 0.29) is 11.9 Å². The zero-order chi connectivity index (χ0) is 10.8. The van der Waals surface area contributed by atoms with Crippen molar-refractivity contribution in [1.29, 1.82) is 0 Å². The fourth-order valence-electron chi connectivity index (χ4n) is 2.78. The summed E-state index contributed by atoms with van der Waals surface area (Å²) in [6.07, 6.45) is 4.13.